The standard InChI is InChI=1S/C18H21N3O/c1-12-5-7-15(9-13(12)2)19-11-14-6-8-16-17(10-14)21(4)18(22)20(16)3/h5-10,19H,11H2,1-4H3. The highest BCUT2D eigenvalue weighted by Crippen LogP contribution is 2.17. The minimum atomic E-state index is 0.00858. The van der Waals surface area contributed by atoms with Crippen LogP contribution in [0.2, 0.25) is 0 Å². The lowest BCUT2D eigenvalue weighted by molar-refractivity contribution is 0.795. The first-order valence-electron chi connectivity index (χ1n) is 7.43. The van der Waals surface area contributed by atoms with Crippen LogP contribution in [0.15, 0.2) is 41.2 Å². The molecule has 0 amide bonds. The van der Waals surface area contributed by atoms with Gasteiger partial charge in [-0.25, -0.2) is 4.79 Å². The van der Waals surface area contributed by atoms with E-state index < -0.39 is 0 Å². The predicted octanol–water partition coefficient (Wildman–Crippen LogP) is 3.11. The first-order chi connectivity index (χ1) is 10.5. The zero-order valence-corrected chi connectivity index (χ0v) is 13.5. The lowest BCUT2D eigenvalue weighted by atomic mass is 10.1. The van der Waals surface area contributed by atoms with Gasteiger partial charge in [-0.3, -0.25) is 9.13 Å². The molecule has 0 aliphatic rings. The highest BCUT2D eigenvalue weighted by atomic mass is 16.1. The molecule has 0 spiro atoms. The number of nitrogens with zero attached hydrogens (tertiary/aromatic N) is 2. The number of aromatic nitrogens is 2. The van der Waals surface area contributed by atoms with Gasteiger partial charge in [-0.15, -0.1) is 0 Å². The van der Waals surface area contributed by atoms with E-state index >= 15 is 0 Å². The lowest BCUT2D eigenvalue weighted by Crippen LogP contribution is -2.19. The van der Waals surface area contributed by atoms with E-state index in [1.54, 1.807) is 16.2 Å². The topological polar surface area (TPSA) is 39.0 Å². The number of imidazole rings is 1. The third-order valence-electron chi connectivity index (χ3n) is 4.34. The van der Waals surface area contributed by atoms with E-state index in [2.05, 4.69) is 49.5 Å². The summed E-state index contributed by atoms with van der Waals surface area (Å²) in [6, 6.07) is 12.5. The smallest absolute Gasteiger partial charge is 0.328 e. The largest absolute Gasteiger partial charge is 0.381 e. The summed E-state index contributed by atoms with van der Waals surface area (Å²) in [5, 5.41) is 3.44. The Bertz CT molecular complexity index is 903. The Balaban J connectivity index is 1.86. The number of benzene rings is 2. The zero-order valence-electron chi connectivity index (χ0n) is 13.5. The van der Waals surface area contributed by atoms with Gasteiger partial charge >= 0.3 is 5.69 Å². The molecule has 1 aromatic heterocycles. The van der Waals surface area contributed by atoms with E-state index in [0.717, 1.165) is 28.8 Å². The molecular formula is C18H21N3O. The lowest BCUT2D eigenvalue weighted by Gasteiger charge is -2.09. The van der Waals surface area contributed by atoms with Crippen molar-refractivity contribution in [2.24, 2.45) is 14.1 Å². The van der Waals surface area contributed by atoms with Crippen LogP contribution >= 0.6 is 0 Å². The van der Waals surface area contributed by atoms with Crippen LogP contribution in [-0.2, 0) is 20.6 Å². The fourth-order valence-electron chi connectivity index (χ4n) is 2.72. The van der Waals surface area contributed by atoms with Crippen LogP contribution in [0.5, 0.6) is 0 Å². The van der Waals surface area contributed by atoms with Crippen molar-refractivity contribution in [1.29, 1.82) is 0 Å². The van der Waals surface area contributed by atoms with E-state index in [9.17, 15) is 4.79 Å². The summed E-state index contributed by atoms with van der Waals surface area (Å²) in [4.78, 5) is 12.0. The first kappa shape index (κ1) is 14.4. The molecule has 0 atom stereocenters. The summed E-state index contributed by atoms with van der Waals surface area (Å²) < 4.78 is 3.37. The van der Waals surface area contributed by atoms with Crippen LogP contribution in [0, 0.1) is 13.8 Å². The summed E-state index contributed by atoms with van der Waals surface area (Å²) in [7, 11) is 3.61. The molecule has 114 valence electrons. The minimum absolute atomic E-state index is 0.00858. The summed E-state index contributed by atoms with van der Waals surface area (Å²) in [6.45, 7) is 4.97. The summed E-state index contributed by atoms with van der Waals surface area (Å²) >= 11 is 0. The van der Waals surface area contributed by atoms with Gasteiger partial charge in [-0.1, -0.05) is 12.1 Å². The van der Waals surface area contributed by atoms with E-state index in [-0.39, 0.29) is 5.69 Å². The van der Waals surface area contributed by atoms with Crippen molar-refractivity contribution in [1.82, 2.24) is 9.13 Å². The number of fused-ring (bicyclic) bond motifs is 1. The van der Waals surface area contributed by atoms with Crippen molar-refractivity contribution < 1.29 is 0 Å². The van der Waals surface area contributed by atoms with Crippen molar-refractivity contribution >= 4 is 16.7 Å². The van der Waals surface area contributed by atoms with E-state index in [4.69, 9.17) is 0 Å². The monoisotopic (exact) mass is 295 g/mol. The normalized spacial score (nSPS) is 11.1. The van der Waals surface area contributed by atoms with Gasteiger partial charge in [0.15, 0.2) is 0 Å². The molecule has 4 nitrogen and oxygen atoms in total. The third-order valence-corrected chi connectivity index (χ3v) is 4.34. The molecule has 0 saturated carbocycles. The van der Waals surface area contributed by atoms with E-state index in [0.29, 0.717) is 0 Å². The molecule has 1 N–H and O–H groups in total. The van der Waals surface area contributed by atoms with Crippen LogP contribution in [0.1, 0.15) is 16.7 Å². The molecule has 0 saturated heterocycles. The highest BCUT2D eigenvalue weighted by molar-refractivity contribution is 5.76. The van der Waals surface area contributed by atoms with Crippen molar-refractivity contribution in [3.05, 3.63) is 63.6 Å². The van der Waals surface area contributed by atoms with Crippen LogP contribution in [0.4, 0.5) is 5.69 Å². The molecule has 0 fully saturated rings. The first-order valence-corrected chi connectivity index (χ1v) is 7.43. The number of nitrogens with one attached hydrogen (secondary N) is 1. The fourth-order valence-corrected chi connectivity index (χ4v) is 2.72. The Morgan fingerprint density at radius 1 is 0.909 bits per heavy atom. The maximum absolute atomic E-state index is 12.0. The van der Waals surface area contributed by atoms with E-state index in [1.165, 1.54) is 11.1 Å². The molecule has 0 radical (unpaired) electrons. The summed E-state index contributed by atoms with van der Waals surface area (Å²) in [5.74, 6) is 0. The predicted molar refractivity (Wildman–Crippen MR) is 91.4 cm³/mol. The molecule has 3 rings (SSSR count). The second-order valence-corrected chi connectivity index (χ2v) is 5.88. The van der Waals surface area contributed by atoms with Crippen LogP contribution in [0.3, 0.4) is 0 Å². The van der Waals surface area contributed by atoms with Crippen molar-refractivity contribution in [2.45, 2.75) is 20.4 Å². The number of anilines is 1. The second kappa shape index (κ2) is 5.37. The highest BCUT2D eigenvalue weighted by Gasteiger charge is 2.08. The van der Waals surface area contributed by atoms with Crippen molar-refractivity contribution in [3.63, 3.8) is 0 Å². The van der Waals surface area contributed by atoms with Gasteiger partial charge in [0, 0.05) is 26.3 Å². The van der Waals surface area contributed by atoms with Crippen LogP contribution < -0.4 is 11.0 Å². The molecule has 0 bridgehead atoms. The van der Waals surface area contributed by atoms with Crippen molar-refractivity contribution in [2.75, 3.05) is 5.32 Å². The Morgan fingerprint density at radius 3 is 2.36 bits per heavy atom. The number of aryl methyl sites for hydroxylation is 4. The zero-order chi connectivity index (χ0) is 15.9. The molecule has 4 heteroatoms. The van der Waals surface area contributed by atoms with Gasteiger partial charge < -0.3 is 5.32 Å². The van der Waals surface area contributed by atoms with Gasteiger partial charge in [0.2, 0.25) is 0 Å². The number of rotatable bonds is 3. The number of hydrogen-bond donors (Lipinski definition) is 1. The Kier molecular flexibility index (Phi) is 3.53. The third kappa shape index (κ3) is 2.41. The molecule has 0 aliphatic heterocycles. The molecule has 2 aromatic carbocycles. The van der Waals surface area contributed by atoms with Crippen molar-refractivity contribution in [3.8, 4) is 0 Å². The Labute approximate surface area is 130 Å². The SMILES string of the molecule is Cc1ccc(NCc2ccc3c(c2)n(C)c(=O)n3C)cc1C. The second-order valence-electron chi connectivity index (χ2n) is 5.88. The van der Waals surface area contributed by atoms with Gasteiger partial charge in [-0.05, 0) is 54.8 Å². The maximum Gasteiger partial charge on any atom is 0.328 e. The van der Waals surface area contributed by atoms with Crippen LogP contribution in [-0.4, -0.2) is 9.13 Å². The van der Waals surface area contributed by atoms with Gasteiger partial charge in [0.25, 0.3) is 0 Å². The summed E-state index contributed by atoms with van der Waals surface area (Å²) in [5.41, 5.74) is 6.79. The van der Waals surface area contributed by atoms with E-state index in [1.807, 2.05) is 13.1 Å². The molecule has 3 aromatic rings. The van der Waals surface area contributed by atoms with Gasteiger partial charge in [0.1, 0.15) is 0 Å². The van der Waals surface area contributed by atoms with Gasteiger partial charge in [0.05, 0.1) is 11.0 Å². The van der Waals surface area contributed by atoms with Gasteiger partial charge in [-0.2, -0.15) is 0 Å². The average Bonchev–Trinajstić information content (AvgIpc) is 2.73. The molecule has 0 unspecified atom stereocenters. The fraction of sp³-hybridized carbons (Fsp3) is 0.278. The molecule has 22 heavy (non-hydrogen) atoms. The number of hydrogen-bond acceptors (Lipinski definition) is 2. The molecular weight excluding hydrogens is 274 g/mol. The molecule has 0 aliphatic carbocycles. The quantitative estimate of drug-likeness (QED) is 0.806. The average molecular weight is 295 g/mol. The minimum Gasteiger partial charge on any atom is -0.381 e. The maximum atomic E-state index is 12.0. The summed E-state index contributed by atoms with van der Waals surface area (Å²) in [6.07, 6.45) is 0. The Morgan fingerprint density at radius 2 is 1.64 bits per heavy atom. The van der Waals surface area contributed by atoms with Crippen LogP contribution in [0.25, 0.3) is 11.0 Å². The Hall–Kier alpha value is -2.49. The molecule has 1 heterocycles.